The fraction of sp³-hybridized carbons (Fsp3) is 0.222. The maximum atomic E-state index is 13.9. The van der Waals surface area contributed by atoms with Crippen molar-refractivity contribution in [1.29, 1.82) is 0 Å². The van der Waals surface area contributed by atoms with Gasteiger partial charge in [0, 0.05) is 23.5 Å². The second-order valence-electron chi connectivity index (χ2n) is 11.7. The van der Waals surface area contributed by atoms with Crippen molar-refractivity contribution < 1.29 is 33.4 Å². The molecule has 4 aromatic rings. The number of hydrogen-bond donors (Lipinski definition) is 2. The van der Waals surface area contributed by atoms with Crippen LogP contribution < -0.4 is 25.4 Å². The van der Waals surface area contributed by atoms with Crippen molar-refractivity contribution in [2.45, 2.75) is 45.4 Å². The molecule has 48 heavy (non-hydrogen) atoms. The molecule has 12 heteroatoms. The van der Waals surface area contributed by atoms with E-state index in [2.05, 4.69) is 22.4 Å². The molecule has 2 aliphatic heterocycles. The lowest BCUT2D eigenvalue weighted by atomic mass is 10.0. The molecule has 12 nitrogen and oxygen atoms in total. The van der Waals surface area contributed by atoms with Crippen LogP contribution in [0.4, 0.5) is 11.5 Å². The van der Waals surface area contributed by atoms with E-state index in [4.69, 9.17) is 15.2 Å². The highest BCUT2D eigenvalue weighted by atomic mass is 16.5. The van der Waals surface area contributed by atoms with Crippen LogP contribution >= 0.6 is 0 Å². The molecule has 0 aliphatic carbocycles. The predicted octanol–water partition coefficient (Wildman–Crippen LogP) is 4.43. The number of benzene rings is 3. The molecular weight excluding hydrogens is 614 g/mol. The number of carbonyl (C=O) groups is 5. The van der Waals surface area contributed by atoms with Crippen molar-refractivity contribution in [3.63, 3.8) is 0 Å². The van der Waals surface area contributed by atoms with Gasteiger partial charge in [-0.25, -0.2) is 4.98 Å². The number of carbonyl (C=O) groups excluding carboxylic acids is 5. The molecular formula is C36H33N5O7. The Kier molecular flexibility index (Phi) is 8.64. The number of ether oxygens (including phenoxy) is 2. The van der Waals surface area contributed by atoms with Crippen molar-refractivity contribution in [2.24, 2.45) is 5.73 Å². The van der Waals surface area contributed by atoms with Crippen molar-refractivity contribution in [1.82, 2.24) is 9.88 Å². The Hall–Kier alpha value is -6.04. The van der Waals surface area contributed by atoms with Gasteiger partial charge in [0.1, 0.15) is 5.82 Å². The summed E-state index contributed by atoms with van der Waals surface area (Å²) in [6.07, 6.45) is 2.70. The maximum Gasteiger partial charge on any atom is 0.314 e. The van der Waals surface area contributed by atoms with E-state index < -0.39 is 23.6 Å². The largest absolute Gasteiger partial charge is 0.493 e. The van der Waals surface area contributed by atoms with Crippen molar-refractivity contribution in [3.05, 3.63) is 112 Å². The summed E-state index contributed by atoms with van der Waals surface area (Å²) in [5.41, 5.74) is 8.76. The summed E-state index contributed by atoms with van der Waals surface area (Å²) in [7, 11) is 1.57. The molecule has 0 radical (unpaired) electrons. The minimum Gasteiger partial charge on any atom is -0.493 e. The Morgan fingerprint density at radius 3 is 2.38 bits per heavy atom. The lowest BCUT2D eigenvalue weighted by Gasteiger charge is -2.24. The van der Waals surface area contributed by atoms with E-state index >= 15 is 0 Å². The highest BCUT2D eigenvalue weighted by molar-refractivity contribution is 6.39. The van der Waals surface area contributed by atoms with Crippen LogP contribution in [0.25, 0.3) is 0 Å². The molecule has 1 aromatic heterocycles. The van der Waals surface area contributed by atoms with E-state index in [-0.39, 0.29) is 41.5 Å². The van der Waals surface area contributed by atoms with Crippen LogP contribution in [0.15, 0.2) is 79.0 Å². The van der Waals surface area contributed by atoms with E-state index in [9.17, 15) is 24.0 Å². The van der Waals surface area contributed by atoms with Gasteiger partial charge >= 0.3 is 11.8 Å². The highest BCUT2D eigenvalue weighted by Gasteiger charge is 2.38. The minimum absolute atomic E-state index is 0.0266. The first kappa shape index (κ1) is 31.9. The van der Waals surface area contributed by atoms with E-state index in [1.165, 1.54) is 11.6 Å². The van der Waals surface area contributed by atoms with Crippen LogP contribution in [0.1, 0.15) is 74.1 Å². The van der Waals surface area contributed by atoms with E-state index in [1.807, 2.05) is 50.2 Å². The number of nitrogens with one attached hydrogen (secondary N) is 1. The molecule has 2 atom stereocenters. The van der Waals surface area contributed by atoms with Gasteiger partial charge in [0.15, 0.2) is 11.5 Å². The molecule has 2 unspecified atom stereocenters. The molecule has 0 fully saturated rings. The number of nitrogens with two attached hydrogens (primary N) is 1. The normalized spacial score (nSPS) is 15.6. The van der Waals surface area contributed by atoms with Crippen molar-refractivity contribution in [2.75, 3.05) is 17.3 Å². The second kappa shape index (κ2) is 13.0. The Bertz CT molecular complexity index is 1960. The summed E-state index contributed by atoms with van der Waals surface area (Å²) in [6, 6.07) is 21.8. The first-order valence-corrected chi connectivity index (χ1v) is 15.4. The third kappa shape index (κ3) is 6.07. The quantitative estimate of drug-likeness (QED) is 0.189. The fourth-order valence-electron chi connectivity index (χ4n) is 5.99. The number of amides is 5. The van der Waals surface area contributed by atoms with Crippen LogP contribution in [-0.4, -0.2) is 52.6 Å². The molecule has 0 spiro atoms. The number of aryl methyl sites for hydroxylation is 1. The zero-order valence-corrected chi connectivity index (χ0v) is 26.6. The highest BCUT2D eigenvalue weighted by Crippen LogP contribution is 2.41. The first-order valence-electron chi connectivity index (χ1n) is 15.4. The smallest absolute Gasteiger partial charge is 0.314 e. The number of hydrogen-bond acceptors (Lipinski definition) is 8. The first-order chi connectivity index (χ1) is 23.0. The molecule has 3 N–H and O–H groups in total. The summed E-state index contributed by atoms with van der Waals surface area (Å²) in [6.45, 7) is 3.84. The maximum absolute atomic E-state index is 13.9. The topological polar surface area (TPSA) is 161 Å². The third-order valence-electron chi connectivity index (χ3n) is 8.50. The average Bonchev–Trinajstić information content (AvgIpc) is 3.47. The van der Waals surface area contributed by atoms with Gasteiger partial charge in [0.05, 0.1) is 36.9 Å². The Balaban J connectivity index is 1.18. The monoisotopic (exact) mass is 647 g/mol. The van der Waals surface area contributed by atoms with Gasteiger partial charge in [-0.3, -0.25) is 28.9 Å². The third-order valence-corrected chi connectivity index (χ3v) is 8.50. The number of fused-ring (bicyclic) bond motifs is 2. The number of imide groups is 1. The lowest BCUT2D eigenvalue weighted by Crippen LogP contribution is -2.30. The summed E-state index contributed by atoms with van der Waals surface area (Å²) in [4.78, 5) is 69.6. The number of aromatic nitrogens is 1. The molecule has 6 rings (SSSR count). The number of primary amides is 1. The standard InChI is InChI=1S/C36H33N5O7/c1-20(9-10-22-7-5-4-6-8-22)48-30-16-24(12-14-29(30)47-3)41-21(2)25-13-11-23(15-26(25)36(41)46)19-40-34(44)27-17-31(39-33(43)32(37)42)38-18-28(27)35(40)45/h4-8,11-18,20-21H,9-10,19H2,1-3H3,(H2,37,42)(H,38,39,43). The zero-order chi connectivity index (χ0) is 34.1. The summed E-state index contributed by atoms with van der Waals surface area (Å²) in [5, 5.41) is 2.19. The predicted molar refractivity (Wildman–Crippen MR) is 176 cm³/mol. The van der Waals surface area contributed by atoms with Crippen LogP contribution in [0.2, 0.25) is 0 Å². The van der Waals surface area contributed by atoms with Gasteiger partial charge in [-0.1, -0.05) is 42.5 Å². The van der Waals surface area contributed by atoms with Crippen LogP contribution in [-0.2, 0) is 22.6 Å². The van der Waals surface area contributed by atoms with Gasteiger partial charge in [0.25, 0.3) is 17.7 Å². The van der Waals surface area contributed by atoms with Gasteiger partial charge in [-0.15, -0.1) is 0 Å². The minimum atomic E-state index is -1.22. The van der Waals surface area contributed by atoms with Gasteiger partial charge < -0.3 is 25.4 Å². The fourth-order valence-corrected chi connectivity index (χ4v) is 5.99. The summed E-state index contributed by atoms with van der Waals surface area (Å²) in [5.74, 6) is -2.72. The summed E-state index contributed by atoms with van der Waals surface area (Å²) >= 11 is 0. The zero-order valence-electron chi connectivity index (χ0n) is 26.6. The van der Waals surface area contributed by atoms with Crippen LogP contribution in [0.5, 0.6) is 11.5 Å². The van der Waals surface area contributed by atoms with Crippen LogP contribution in [0, 0.1) is 0 Å². The molecule has 3 heterocycles. The SMILES string of the molecule is COc1ccc(N2C(=O)c3cc(CN4C(=O)c5cnc(NC(=O)C(N)=O)cc5C4=O)ccc3C2C)cc1OC(C)CCc1ccccc1. The summed E-state index contributed by atoms with van der Waals surface area (Å²) < 4.78 is 11.9. The number of anilines is 2. The number of methoxy groups -OCH3 is 1. The lowest BCUT2D eigenvalue weighted by molar-refractivity contribution is -0.134. The van der Waals surface area contributed by atoms with E-state index in [0.717, 1.165) is 29.5 Å². The number of pyridine rings is 1. The van der Waals surface area contributed by atoms with Gasteiger partial charge in [0.2, 0.25) is 0 Å². The Morgan fingerprint density at radius 1 is 0.896 bits per heavy atom. The molecule has 2 aliphatic rings. The van der Waals surface area contributed by atoms with Crippen molar-refractivity contribution >= 4 is 41.0 Å². The Morgan fingerprint density at radius 2 is 1.65 bits per heavy atom. The number of rotatable bonds is 10. The molecule has 244 valence electrons. The molecule has 0 saturated heterocycles. The average molecular weight is 648 g/mol. The van der Waals surface area contributed by atoms with Crippen LogP contribution in [0.3, 0.4) is 0 Å². The molecule has 0 bridgehead atoms. The molecule has 0 saturated carbocycles. The molecule has 3 aromatic carbocycles. The van der Waals surface area contributed by atoms with Crippen molar-refractivity contribution in [3.8, 4) is 11.5 Å². The second-order valence-corrected chi connectivity index (χ2v) is 11.7. The van der Waals surface area contributed by atoms with Gasteiger partial charge in [-0.05, 0) is 67.6 Å². The number of nitrogens with zero attached hydrogens (tertiary/aromatic N) is 3. The van der Waals surface area contributed by atoms with E-state index in [0.29, 0.717) is 28.3 Å². The molecule has 5 amide bonds. The van der Waals surface area contributed by atoms with Gasteiger partial charge in [-0.2, -0.15) is 0 Å². The van der Waals surface area contributed by atoms with E-state index in [1.54, 1.807) is 30.2 Å². The Labute approximate surface area is 276 Å².